The first-order chi connectivity index (χ1) is 12.0. The van der Waals surface area contributed by atoms with Gasteiger partial charge in [-0.2, -0.15) is 0 Å². The highest BCUT2D eigenvalue weighted by Gasteiger charge is 2.41. The number of ketones is 1. The van der Waals surface area contributed by atoms with E-state index >= 15 is 0 Å². The molecule has 0 aromatic carbocycles. The first-order valence-corrected chi connectivity index (χ1v) is 9.40. The topological polar surface area (TPSA) is 75.6 Å². The van der Waals surface area contributed by atoms with Crippen LogP contribution >= 0.6 is 0 Å². The number of carbonyl (C=O) groups is 2. The Morgan fingerprint density at radius 1 is 1.28 bits per heavy atom. The fourth-order valence-corrected chi connectivity index (χ4v) is 4.03. The van der Waals surface area contributed by atoms with E-state index in [1.165, 1.54) is 6.42 Å². The summed E-state index contributed by atoms with van der Waals surface area (Å²) in [5, 5.41) is 12.5. The van der Waals surface area contributed by atoms with Gasteiger partial charge in [-0.1, -0.05) is 30.7 Å². The van der Waals surface area contributed by atoms with E-state index < -0.39 is 12.6 Å². The molecule has 1 aliphatic heterocycles. The van der Waals surface area contributed by atoms with Gasteiger partial charge in [-0.3, -0.25) is 0 Å². The van der Waals surface area contributed by atoms with Crippen molar-refractivity contribution in [3.8, 4) is 0 Å². The quantitative estimate of drug-likeness (QED) is 0.546. The van der Waals surface area contributed by atoms with E-state index in [1.807, 2.05) is 19.1 Å². The van der Waals surface area contributed by atoms with E-state index in [4.69, 9.17) is 9.84 Å². The Hall–Kier alpha value is -1.46. The van der Waals surface area contributed by atoms with Gasteiger partial charge < -0.3 is 20.0 Å². The minimum Gasteiger partial charge on any atom is -0.459 e. The number of rotatable bonds is 7. The van der Waals surface area contributed by atoms with Gasteiger partial charge in [0.05, 0.1) is 0 Å². The molecule has 0 amide bonds. The lowest BCUT2D eigenvalue weighted by molar-refractivity contribution is -0.157. The molecule has 0 bridgehead atoms. The zero-order chi connectivity index (χ0) is 18.2. The Morgan fingerprint density at radius 3 is 2.80 bits per heavy atom. The van der Waals surface area contributed by atoms with Crippen molar-refractivity contribution in [2.75, 3.05) is 6.61 Å². The van der Waals surface area contributed by atoms with Gasteiger partial charge >= 0.3 is 5.97 Å². The van der Waals surface area contributed by atoms with Crippen LogP contribution in [0.3, 0.4) is 0 Å². The summed E-state index contributed by atoms with van der Waals surface area (Å²) < 4.78 is 5.41. The maximum atomic E-state index is 11.4. The molecule has 0 aromatic rings. The third-order valence-corrected chi connectivity index (χ3v) is 5.34. The molecule has 5 heteroatoms. The number of carbonyl (C=O) groups excluding carboxylic acids is 2. The van der Waals surface area contributed by atoms with Crippen molar-refractivity contribution in [3.05, 3.63) is 24.3 Å². The molecule has 0 spiro atoms. The highest BCUT2D eigenvalue weighted by molar-refractivity contribution is 5.75. The Morgan fingerprint density at radius 2 is 2.08 bits per heavy atom. The molecular formula is C20H31NO4. The van der Waals surface area contributed by atoms with Crippen LogP contribution in [0.2, 0.25) is 0 Å². The molecule has 2 N–H and O–H groups in total. The monoisotopic (exact) mass is 349 g/mol. The van der Waals surface area contributed by atoms with Crippen LogP contribution in [-0.2, 0) is 14.3 Å². The smallest absolute Gasteiger partial charge is 0.332 e. The van der Waals surface area contributed by atoms with Gasteiger partial charge in [0.25, 0.3) is 0 Å². The highest BCUT2D eigenvalue weighted by Crippen LogP contribution is 2.38. The minimum absolute atomic E-state index is 0.117. The minimum atomic E-state index is -0.564. The molecule has 25 heavy (non-hydrogen) atoms. The molecule has 1 saturated carbocycles. The number of allylic oxidation sites excluding steroid dienone is 4. The zero-order valence-corrected chi connectivity index (χ0v) is 15.3. The summed E-state index contributed by atoms with van der Waals surface area (Å²) in [6.07, 6.45) is 13.9. The number of aliphatic hydroxyl groups is 1. The second-order valence-electron chi connectivity index (χ2n) is 7.30. The van der Waals surface area contributed by atoms with Crippen molar-refractivity contribution in [2.24, 2.45) is 11.8 Å². The number of hydrogen-bond acceptors (Lipinski definition) is 5. The van der Waals surface area contributed by atoms with E-state index in [1.54, 1.807) is 6.92 Å². The van der Waals surface area contributed by atoms with Gasteiger partial charge in [0, 0.05) is 18.5 Å². The SMILES string of the molecule is CC(=O)CC/C=C/C=C/[C@@H]1CCC[C@H]2N[C@@H](C)[C@@H](OC(=O)CO)C[C@@H]12. The molecule has 0 radical (unpaired) electrons. The van der Waals surface area contributed by atoms with Crippen LogP contribution in [0.5, 0.6) is 0 Å². The van der Waals surface area contributed by atoms with Gasteiger partial charge in [0.15, 0.2) is 0 Å². The predicted octanol–water partition coefficient (Wildman–Crippen LogP) is 2.54. The zero-order valence-electron chi connectivity index (χ0n) is 15.3. The number of aliphatic hydroxyl groups excluding tert-OH is 1. The summed E-state index contributed by atoms with van der Waals surface area (Å²) in [7, 11) is 0. The van der Waals surface area contributed by atoms with E-state index in [9.17, 15) is 9.59 Å². The number of Topliss-reactive ketones (excluding diaryl/α,β-unsaturated/α-hetero) is 1. The molecule has 140 valence electrons. The molecule has 0 aromatic heterocycles. The molecule has 1 aliphatic carbocycles. The van der Waals surface area contributed by atoms with Crippen molar-refractivity contribution < 1.29 is 19.4 Å². The largest absolute Gasteiger partial charge is 0.459 e. The predicted molar refractivity (Wildman–Crippen MR) is 97.0 cm³/mol. The van der Waals surface area contributed by atoms with Gasteiger partial charge in [0.1, 0.15) is 18.5 Å². The summed E-state index contributed by atoms with van der Waals surface area (Å²) in [4.78, 5) is 22.4. The lowest BCUT2D eigenvalue weighted by Crippen LogP contribution is -2.57. The summed E-state index contributed by atoms with van der Waals surface area (Å²) in [6.45, 7) is 3.09. The molecule has 2 aliphatic rings. The van der Waals surface area contributed by atoms with Crippen molar-refractivity contribution in [2.45, 2.75) is 70.6 Å². The lowest BCUT2D eigenvalue weighted by Gasteiger charge is -2.46. The normalized spacial score (nSPS) is 32.7. The standard InChI is InChI=1S/C20H31NO4/c1-14(23)8-5-3-4-6-9-16-10-7-11-18-17(16)12-19(15(2)21-18)25-20(24)13-22/h3-4,6,9,15-19,21-22H,5,7-8,10-13H2,1-2H3/b4-3+,9-6+/t15-,16+,17-,18+,19-/m0/s1. The fraction of sp³-hybridized carbons (Fsp3) is 0.700. The van der Waals surface area contributed by atoms with Gasteiger partial charge in [0.2, 0.25) is 0 Å². The Labute approximate surface area is 150 Å². The highest BCUT2D eigenvalue weighted by atomic mass is 16.6. The van der Waals surface area contributed by atoms with Crippen molar-refractivity contribution >= 4 is 11.8 Å². The summed E-state index contributed by atoms with van der Waals surface area (Å²) in [5.74, 6) is 0.581. The molecule has 0 unspecified atom stereocenters. The van der Waals surface area contributed by atoms with Crippen LogP contribution in [0.15, 0.2) is 24.3 Å². The Balaban J connectivity index is 1.92. The van der Waals surface area contributed by atoms with E-state index in [0.29, 0.717) is 24.3 Å². The van der Waals surface area contributed by atoms with Crippen LogP contribution in [-0.4, -0.2) is 41.7 Å². The number of nitrogens with one attached hydrogen (secondary N) is 1. The van der Waals surface area contributed by atoms with Crippen LogP contribution in [0.4, 0.5) is 0 Å². The van der Waals surface area contributed by atoms with Crippen LogP contribution < -0.4 is 5.32 Å². The molecule has 5 nitrogen and oxygen atoms in total. The maximum absolute atomic E-state index is 11.4. The third kappa shape index (κ3) is 6.08. The second kappa shape index (κ2) is 9.88. The average Bonchev–Trinajstić information content (AvgIpc) is 2.58. The van der Waals surface area contributed by atoms with E-state index in [-0.39, 0.29) is 17.9 Å². The number of esters is 1. The molecule has 2 rings (SSSR count). The van der Waals surface area contributed by atoms with Gasteiger partial charge in [-0.25, -0.2) is 4.79 Å². The number of ether oxygens (including phenoxy) is 1. The Bertz CT molecular complexity index is 514. The Kier molecular flexibility index (Phi) is 7.85. The molecule has 1 heterocycles. The van der Waals surface area contributed by atoms with Crippen molar-refractivity contribution in [1.29, 1.82) is 0 Å². The molecule has 1 saturated heterocycles. The van der Waals surface area contributed by atoms with Gasteiger partial charge in [-0.15, -0.1) is 0 Å². The maximum Gasteiger partial charge on any atom is 0.332 e. The summed E-state index contributed by atoms with van der Waals surface area (Å²) in [6, 6.07) is 0.579. The fourth-order valence-electron chi connectivity index (χ4n) is 4.03. The van der Waals surface area contributed by atoms with Crippen LogP contribution in [0.1, 0.15) is 52.4 Å². The average molecular weight is 349 g/mol. The van der Waals surface area contributed by atoms with E-state index in [0.717, 1.165) is 25.7 Å². The molecule has 5 atom stereocenters. The first kappa shape index (κ1) is 19.9. The van der Waals surface area contributed by atoms with Crippen LogP contribution in [0.25, 0.3) is 0 Å². The lowest BCUT2D eigenvalue weighted by atomic mass is 9.70. The van der Waals surface area contributed by atoms with E-state index in [2.05, 4.69) is 17.5 Å². The second-order valence-corrected chi connectivity index (χ2v) is 7.30. The summed E-state index contributed by atoms with van der Waals surface area (Å²) >= 11 is 0. The first-order valence-electron chi connectivity index (χ1n) is 9.40. The third-order valence-electron chi connectivity index (χ3n) is 5.34. The number of piperidine rings is 1. The molecule has 2 fully saturated rings. The number of fused-ring (bicyclic) bond motifs is 1. The van der Waals surface area contributed by atoms with Crippen molar-refractivity contribution in [3.63, 3.8) is 0 Å². The van der Waals surface area contributed by atoms with Crippen LogP contribution in [0, 0.1) is 11.8 Å². The number of hydrogen-bond donors (Lipinski definition) is 2. The van der Waals surface area contributed by atoms with Gasteiger partial charge in [-0.05, 0) is 51.4 Å². The van der Waals surface area contributed by atoms with Crippen molar-refractivity contribution in [1.82, 2.24) is 5.32 Å². The summed E-state index contributed by atoms with van der Waals surface area (Å²) in [5.41, 5.74) is 0. The molecular weight excluding hydrogens is 318 g/mol.